The molecule has 0 bridgehead atoms. The lowest BCUT2D eigenvalue weighted by atomic mass is 10.1. The quantitative estimate of drug-likeness (QED) is 0.853. The molecule has 0 spiro atoms. The Labute approximate surface area is 110 Å². The summed E-state index contributed by atoms with van der Waals surface area (Å²) in [6.45, 7) is 3.96. The topological polar surface area (TPSA) is 55.4 Å². The summed E-state index contributed by atoms with van der Waals surface area (Å²) in [5.74, 6) is -0.227. The minimum atomic E-state index is -0.373. The third kappa shape index (κ3) is 2.41. The van der Waals surface area contributed by atoms with E-state index < -0.39 is 0 Å². The summed E-state index contributed by atoms with van der Waals surface area (Å²) in [5.41, 5.74) is 1.49. The fourth-order valence-corrected chi connectivity index (χ4v) is 3.11. The molecule has 1 aliphatic rings. The van der Waals surface area contributed by atoms with Crippen LogP contribution in [-0.2, 0) is 16.0 Å². The first-order valence-electron chi connectivity index (χ1n) is 6.09. The van der Waals surface area contributed by atoms with Crippen molar-refractivity contribution >= 4 is 28.2 Å². The van der Waals surface area contributed by atoms with Crippen LogP contribution in [0.2, 0.25) is 0 Å². The minimum absolute atomic E-state index is 0.0176. The number of amides is 1. The Morgan fingerprint density at radius 1 is 1.44 bits per heavy atom. The van der Waals surface area contributed by atoms with E-state index in [4.69, 9.17) is 4.74 Å². The summed E-state index contributed by atoms with van der Waals surface area (Å²) in [6.07, 6.45) is 2.65. The number of rotatable bonds is 4. The zero-order chi connectivity index (χ0) is 13.3. The van der Waals surface area contributed by atoms with Gasteiger partial charge in [-0.3, -0.25) is 4.79 Å². The Bertz CT molecular complexity index is 489. The molecule has 2 rings (SSSR count). The maximum absolute atomic E-state index is 11.8. The Kier molecular flexibility index (Phi) is 3.71. The van der Waals surface area contributed by atoms with Crippen LogP contribution in [0.15, 0.2) is 0 Å². The van der Waals surface area contributed by atoms with Gasteiger partial charge in [-0.15, -0.1) is 11.3 Å². The van der Waals surface area contributed by atoms with E-state index in [0.717, 1.165) is 29.7 Å². The van der Waals surface area contributed by atoms with Crippen molar-refractivity contribution in [1.29, 1.82) is 0 Å². The molecule has 1 saturated carbocycles. The summed E-state index contributed by atoms with van der Waals surface area (Å²) in [5, 5.41) is 3.49. The molecule has 98 valence electrons. The summed E-state index contributed by atoms with van der Waals surface area (Å²) in [4.78, 5) is 24.7. The van der Waals surface area contributed by atoms with E-state index in [1.54, 1.807) is 0 Å². The van der Waals surface area contributed by atoms with E-state index in [1.807, 2.05) is 13.8 Å². The number of hydrogen-bond donors (Lipinski definition) is 1. The smallest absolute Gasteiger partial charge is 0.341 e. The number of nitrogens with one attached hydrogen (secondary N) is 1. The molecule has 1 N–H and O–H groups in total. The second-order valence-electron chi connectivity index (χ2n) is 4.45. The largest absolute Gasteiger partial charge is 0.465 e. The predicted molar refractivity (Wildman–Crippen MR) is 71.1 cm³/mol. The highest BCUT2D eigenvalue weighted by molar-refractivity contribution is 7.16. The first-order valence-corrected chi connectivity index (χ1v) is 6.91. The lowest BCUT2D eigenvalue weighted by Crippen LogP contribution is -2.15. The van der Waals surface area contributed by atoms with Crippen LogP contribution in [0, 0.1) is 12.8 Å². The third-order valence-electron chi connectivity index (χ3n) is 3.14. The highest BCUT2D eigenvalue weighted by atomic mass is 32.1. The average molecular weight is 267 g/mol. The number of methoxy groups -OCH3 is 1. The van der Waals surface area contributed by atoms with Crippen LogP contribution >= 0.6 is 11.3 Å². The number of thiophene rings is 1. The van der Waals surface area contributed by atoms with Gasteiger partial charge in [-0.25, -0.2) is 4.79 Å². The molecule has 0 aliphatic heterocycles. The molecule has 0 unspecified atom stereocenters. The van der Waals surface area contributed by atoms with E-state index >= 15 is 0 Å². The minimum Gasteiger partial charge on any atom is -0.465 e. The summed E-state index contributed by atoms with van der Waals surface area (Å²) < 4.78 is 4.81. The van der Waals surface area contributed by atoms with Crippen molar-refractivity contribution in [3.05, 3.63) is 16.0 Å². The molecular weight excluding hydrogens is 250 g/mol. The van der Waals surface area contributed by atoms with Crippen molar-refractivity contribution in [1.82, 2.24) is 0 Å². The maximum Gasteiger partial charge on any atom is 0.341 e. The van der Waals surface area contributed by atoms with Gasteiger partial charge >= 0.3 is 5.97 Å². The van der Waals surface area contributed by atoms with Crippen molar-refractivity contribution in [2.75, 3.05) is 12.4 Å². The molecule has 1 aliphatic carbocycles. The molecule has 0 radical (unpaired) electrons. The van der Waals surface area contributed by atoms with E-state index in [9.17, 15) is 9.59 Å². The van der Waals surface area contributed by atoms with Gasteiger partial charge in [-0.05, 0) is 31.7 Å². The van der Waals surface area contributed by atoms with Crippen LogP contribution in [0.25, 0.3) is 0 Å². The molecule has 1 amide bonds. The normalized spacial score (nSPS) is 14.4. The highest BCUT2D eigenvalue weighted by Gasteiger charge is 2.31. The molecular formula is C13H17NO3S. The number of aryl methyl sites for hydroxylation is 1. The Balaban J connectivity index is 2.32. The average Bonchev–Trinajstić information content (AvgIpc) is 3.14. The third-order valence-corrected chi connectivity index (χ3v) is 4.20. The monoisotopic (exact) mass is 267 g/mol. The first-order chi connectivity index (χ1) is 8.58. The lowest BCUT2D eigenvalue weighted by molar-refractivity contribution is -0.117. The second-order valence-corrected chi connectivity index (χ2v) is 5.67. The highest BCUT2D eigenvalue weighted by Crippen LogP contribution is 2.36. The van der Waals surface area contributed by atoms with E-state index in [2.05, 4.69) is 5.32 Å². The van der Waals surface area contributed by atoms with Crippen LogP contribution < -0.4 is 5.32 Å². The molecule has 0 saturated heterocycles. The molecule has 0 atom stereocenters. The van der Waals surface area contributed by atoms with Gasteiger partial charge in [-0.1, -0.05) is 6.92 Å². The zero-order valence-corrected chi connectivity index (χ0v) is 11.6. The molecule has 1 heterocycles. The van der Waals surface area contributed by atoms with E-state index in [1.165, 1.54) is 18.4 Å². The number of carbonyl (C=O) groups excluding carboxylic acids is 2. The summed E-state index contributed by atoms with van der Waals surface area (Å²) >= 11 is 1.45. The van der Waals surface area contributed by atoms with Crippen molar-refractivity contribution in [3.8, 4) is 0 Å². The maximum atomic E-state index is 11.8. The van der Waals surface area contributed by atoms with Crippen molar-refractivity contribution in [2.24, 2.45) is 5.92 Å². The van der Waals surface area contributed by atoms with Gasteiger partial charge in [-0.2, -0.15) is 0 Å². The van der Waals surface area contributed by atoms with Crippen LogP contribution in [0.4, 0.5) is 5.00 Å². The van der Waals surface area contributed by atoms with Gasteiger partial charge in [0, 0.05) is 10.8 Å². The van der Waals surface area contributed by atoms with Gasteiger partial charge in [0.2, 0.25) is 5.91 Å². The van der Waals surface area contributed by atoms with Gasteiger partial charge in [0.05, 0.1) is 12.7 Å². The molecule has 1 aromatic rings. The van der Waals surface area contributed by atoms with Gasteiger partial charge < -0.3 is 10.1 Å². The lowest BCUT2D eigenvalue weighted by Gasteiger charge is -2.06. The second kappa shape index (κ2) is 5.10. The van der Waals surface area contributed by atoms with Crippen LogP contribution in [0.1, 0.15) is 40.6 Å². The molecule has 1 fully saturated rings. The number of hydrogen-bond acceptors (Lipinski definition) is 4. The molecule has 4 nitrogen and oxygen atoms in total. The van der Waals surface area contributed by atoms with Crippen molar-refractivity contribution in [2.45, 2.75) is 33.1 Å². The molecule has 1 aromatic heterocycles. The Morgan fingerprint density at radius 3 is 2.61 bits per heavy atom. The number of anilines is 1. The van der Waals surface area contributed by atoms with E-state index in [-0.39, 0.29) is 17.8 Å². The summed E-state index contributed by atoms with van der Waals surface area (Å²) in [6, 6.07) is 0. The molecule has 5 heteroatoms. The predicted octanol–water partition coefficient (Wildman–Crippen LogP) is 2.75. The van der Waals surface area contributed by atoms with E-state index in [0.29, 0.717) is 10.6 Å². The fourth-order valence-electron chi connectivity index (χ4n) is 1.97. The number of esters is 1. The van der Waals surface area contributed by atoms with Crippen LogP contribution in [-0.4, -0.2) is 19.0 Å². The number of carbonyl (C=O) groups is 2. The first kappa shape index (κ1) is 13.1. The van der Waals surface area contributed by atoms with Crippen LogP contribution in [0.3, 0.4) is 0 Å². The van der Waals surface area contributed by atoms with Crippen LogP contribution in [0.5, 0.6) is 0 Å². The Hall–Kier alpha value is -1.36. The number of ether oxygens (including phenoxy) is 1. The molecule has 0 aromatic carbocycles. The molecule has 18 heavy (non-hydrogen) atoms. The van der Waals surface area contributed by atoms with Crippen molar-refractivity contribution < 1.29 is 14.3 Å². The van der Waals surface area contributed by atoms with Gasteiger partial charge in [0.1, 0.15) is 5.00 Å². The van der Waals surface area contributed by atoms with Gasteiger partial charge in [0.15, 0.2) is 0 Å². The fraction of sp³-hybridized carbons (Fsp3) is 0.538. The summed E-state index contributed by atoms with van der Waals surface area (Å²) in [7, 11) is 1.36. The Morgan fingerprint density at radius 2 is 2.11 bits per heavy atom. The zero-order valence-electron chi connectivity index (χ0n) is 10.8. The van der Waals surface area contributed by atoms with Crippen molar-refractivity contribution in [3.63, 3.8) is 0 Å². The SMILES string of the molecule is CCc1c(C)sc(NC(=O)C2CC2)c1C(=O)OC. The standard InChI is InChI=1S/C13H17NO3S/c1-4-9-7(2)18-12(10(9)13(16)17-3)14-11(15)8-5-6-8/h8H,4-6H2,1-3H3,(H,14,15). The van der Waals surface area contributed by atoms with Gasteiger partial charge in [0.25, 0.3) is 0 Å².